The number of benzene rings is 1. The van der Waals surface area contributed by atoms with Crippen molar-refractivity contribution in [3.05, 3.63) is 35.4 Å². The van der Waals surface area contributed by atoms with Gasteiger partial charge in [-0.2, -0.15) is 0 Å². The Morgan fingerprint density at radius 2 is 1.76 bits per heavy atom. The van der Waals surface area contributed by atoms with Gasteiger partial charge in [-0.25, -0.2) is 0 Å². The fourth-order valence-corrected chi connectivity index (χ4v) is 2.58. The second-order valence-corrected chi connectivity index (χ2v) is 5.00. The van der Waals surface area contributed by atoms with Gasteiger partial charge >= 0.3 is 0 Å². The molecular formula is C15H24N2. The fourth-order valence-electron chi connectivity index (χ4n) is 2.58. The molecule has 0 bridgehead atoms. The maximum Gasteiger partial charge on any atom is 0.0236 e. The normalized spacial score (nSPS) is 15.8. The third-order valence-electron chi connectivity index (χ3n) is 3.64. The van der Waals surface area contributed by atoms with E-state index in [4.69, 9.17) is 5.73 Å². The summed E-state index contributed by atoms with van der Waals surface area (Å²) >= 11 is 0. The number of hydrogen-bond donors (Lipinski definition) is 1. The Morgan fingerprint density at radius 3 is 2.59 bits per heavy atom. The first kappa shape index (κ1) is 12.6. The molecule has 1 aliphatic heterocycles. The molecule has 0 fully saturated rings. The van der Waals surface area contributed by atoms with Crippen LogP contribution >= 0.6 is 0 Å². The molecular weight excluding hydrogens is 208 g/mol. The lowest BCUT2D eigenvalue weighted by Gasteiger charge is -2.28. The van der Waals surface area contributed by atoms with E-state index >= 15 is 0 Å². The van der Waals surface area contributed by atoms with Crippen molar-refractivity contribution < 1.29 is 0 Å². The zero-order chi connectivity index (χ0) is 11.9. The van der Waals surface area contributed by atoms with Crippen LogP contribution < -0.4 is 5.73 Å². The molecule has 0 aromatic heterocycles. The van der Waals surface area contributed by atoms with Crippen LogP contribution in [0, 0.1) is 0 Å². The van der Waals surface area contributed by atoms with Gasteiger partial charge in [-0.05, 0) is 43.5 Å². The highest BCUT2D eigenvalue weighted by atomic mass is 15.1. The summed E-state index contributed by atoms with van der Waals surface area (Å²) in [5.41, 5.74) is 8.57. The first-order valence-corrected chi connectivity index (χ1v) is 6.89. The predicted molar refractivity (Wildman–Crippen MR) is 72.9 cm³/mol. The summed E-state index contributed by atoms with van der Waals surface area (Å²) in [6.45, 7) is 4.47. The van der Waals surface area contributed by atoms with E-state index in [0.29, 0.717) is 0 Å². The molecule has 0 spiro atoms. The zero-order valence-electron chi connectivity index (χ0n) is 10.7. The van der Waals surface area contributed by atoms with Crippen LogP contribution in [0.15, 0.2) is 24.3 Å². The minimum absolute atomic E-state index is 0.844. The molecule has 0 atom stereocenters. The molecule has 0 radical (unpaired) electrons. The number of fused-ring (bicyclic) bond motifs is 1. The molecule has 2 heteroatoms. The highest BCUT2D eigenvalue weighted by Crippen LogP contribution is 2.18. The van der Waals surface area contributed by atoms with E-state index < -0.39 is 0 Å². The van der Waals surface area contributed by atoms with Gasteiger partial charge in [0.2, 0.25) is 0 Å². The molecule has 2 nitrogen and oxygen atoms in total. The second kappa shape index (κ2) is 6.77. The van der Waals surface area contributed by atoms with E-state index in [9.17, 15) is 0 Å². The van der Waals surface area contributed by atoms with Gasteiger partial charge in [0.05, 0.1) is 0 Å². The van der Waals surface area contributed by atoms with Crippen LogP contribution in [0.1, 0.15) is 36.8 Å². The van der Waals surface area contributed by atoms with Crippen molar-refractivity contribution >= 4 is 0 Å². The first-order valence-electron chi connectivity index (χ1n) is 6.89. The Hall–Kier alpha value is -0.860. The number of hydrogen-bond acceptors (Lipinski definition) is 2. The van der Waals surface area contributed by atoms with Crippen LogP contribution in [0.25, 0.3) is 0 Å². The van der Waals surface area contributed by atoms with Crippen LogP contribution in [-0.4, -0.2) is 24.5 Å². The maximum atomic E-state index is 5.50. The molecule has 0 amide bonds. The van der Waals surface area contributed by atoms with Gasteiger partial charge in [0.15, 0.2) is 0 Å². The molecule has 1 heterocycles. The summed E-state index contributed by atoms with van der Waals surface area (Å²) < 4.78 is 0. The quantitative estimate of drug-likeness (QED) is 0.764. The Labute approximate surface area is 105 Å². The van der Waals surface area contributed by atoms with Gasteiger partial charge in [-0.15, -0.1) is 0 Å². The lowest BCUT2D eigenvalue weighted by atomic mass is 10.00. The fraction of sp³-hybridized carbons (Fsp3) is 0.600. The summed E-state index contributed by atoms with van der Waals surface area (Å²) in [4.78, 5) is 2.59. The van der Waals surface area contributed by atoms with Crippen LogP contribution in [0.3, 0.4) is 0 Å². The third-order valence-corrected chi connectivity index (χ3v) is 3.64. The largest absolute Gasteiger partial charge is 0.330 e. The van der Waals surface area contributed by atoms with Crippen LogP contribution in [0.5, 0.6) is 0 Å². The van der Waals surface area contributed by atoms with Crippen molar-refractivity contribution in [3.63, 3.8) is 0 Å². The van der Waals surface area contributed by atoms with E-state index in [2.05, 4.69) is 29.2 Å². The first-order chi connectivity index (χ1) is 8.40. The van der Waals surface area contributed by atoms with Crippen LogP contribution in [-0.2, 0) is 13.0 Å². The van der Waals surface area contributed by atoms with Crippen molar-refractivity contribution in [1.82, 2.24) is 4.90 Å². The van der Waals surface area contributed by atoms with Crippen molar-refractivity contribution in [2.24, 2.45) is 5.73 Å². The van der Waals surface area contributed by atoms with E-state index in [1.54, 1.807) is 5.56 Å². The zero-order valence-corrected chi connectivity index (χ0v) is 10.7. The van der Waals surface area contributed by atoms with Gasteiger partial charge in [0.25, 0.3) is 0 Å². The molecule has 1 aromatic carbocycles. The maximum absolute atomic E-state index is 5.50. The molecule has 2 rings (SSSR count). The lowest BCUT2D eigenvalue weighted by Crippen LogP contribution is -2.31. The van der Waals surface area contributed by atoms with Gasteiger partial charge in [-0.3, -0.25) is 4.90 Å². The summed E-state index contributed by atoms with van der Waals surface area (Å²) in [5.74, 6) is 0. The second-order valence-electron chi connectivity index (χ2n) is 5.00. The average molecular weight is 232 g/mol. The third kappa shape index (κ3) is 3.83. The van der Waals surface area contributed by atoms with Crippen LogP contribution in [0.4, 0.5) is 0 Å². The number of nitrogens with zero attached hydrogens (tertiary/aromatic N) is 1. The van der Waals surface area contributed by atoms with Crippen molar-refractivity contribution in [2.45, 2.75) is 38.6 Å². The summed E-state index contributed by atoms with van der Waals surface area (Å²) in [6, 6.07) is 8.86. The smallest absolute Gasteiger partial charge is 0.0236 e. The highest BCUT2D eigenvalue weighted by Gasteiger charge is 2.14. The van der Waals surface area contributed by atoms with Crippen molar-refractivity contribution in [3.8, 4) is 0 Å². The molecule has 1 aromatic rings. The molecule has 0 unspecified atom stereocenters. The molecule has 0 saturated carbocycles. The van der Waals surface area contributed by atoms with Gasteiger partial charge in [0, 0.05) is 13.1 Å². The molecule has 0 saturated heterocycles. The Kier molecular flexibility index (Phi) is 5.02. The Bertz CT molecular complexity index is 335. The van der Waals surface area contributed by atoms with E-state index in [-0.39, 0.29) is 0 Å². The number of nitrogens with two attached hydrogens (primary N) is 1. The average Bonchev–Trinajstić information content (AvgIpc) is 2.38. The molecule has 0 aliphatic carbocycles. The number of rotatable bonds is 6. The Morgan fingerprint density at radius 1 is 1.00 bits per heavy atom. The summed E-state index contributed by atoms with van der Waals surface area (Å²) in [6.07, 6.45) is 6.35. The van der Waals surface area contributed by atoms with Gasteiger partial charge < -0.3 is 5.73 Å². The highest BCUT2D eigenvalue weighted by molar-refractivity contribution is 5.28. The summed E-state index contributed by atoms with van der Waals surface area (Å²) in [7, 11) is 0. The minimum Gasteiger partial charge on any atom is -0.330 e. The van der Waals surface area contributed by atoms with E-state index in [0.717, 1.165) is 13.1 Å². The monoisotopic (exact) mass is 232 g/mol. The minimum atomic E-state index is 0.844. The van der Waals surface area contributed by atoms with Gasteiger partial charge in [0.1, 0.15) is 0 Å². The molecule has 2 N–H and O–H groups in total. The SMILES string of the molecule is NCCCCCCN1CCc2ccccc2C1. The van der Waals surface area contributed by atoms with Crippen LogP contribution in [0.2, 0.25) is 0 Å². The van der Waals surface area contributed by atoms with E-state index in [1.165, 1.54) is 50.8 Å². The molecule has 1 aliphatic rings. The Balaban J connectivity index is 1.71. The lowest BCUT2D eigenvalue weighted by molar-refractivity contribution is 0.248. The molecule has 17 heavy (non-hydrogen) atoms. The van der Waals surface area contributed by atoms with Crippen molar-refractivity contribution in [2.75, 3.05) is 19.6 Å². The topological polar surface area (TPSA) is 29.3 Å². The number of unbranched alkanes of at least 4 members (excludes halogenated alkanes) is 3. The van der Waals surface area contributed by atoms with E-state index in [1.807, 2.05) is 0 Å². The molecule has 94 valence electrons. The standard InChI is InChI=1S/C15H24N2/c16-10-5-1-2-6-11-17-12-9-14-7-3-4-8-15(14)13-17/h3-4,7-8H,1-2,5-6,9-13,16H2. The summed E-state index contributed by atoms with van der Waals surface area (Å²) in [5, 5.41) is 0. The van der Waals surface area contributed by atoms with Gasteiger partial charge in [-0.1, -0.05) is 37.1 Å². The van der Waals surface area contributed by atoms with Crippen molar-refractivity contribution in [1.29, 1.82) is 0 Å². The predicted octanol–water partition coefficient (Wildman–Crippen LogP) is 2.56.